The summed E-state index contributed by atoms with van der Waals surface area (Å²) in [5.41, 5.74) is 2.60. The highest BCUT2D eigenvalue weighted by molar-refractivity contribution is 7.99. The number of thioether (sulfide) groups is 1. The van der Waals surface area contributed by atoms with Gasteiger partial charge in [-0.05, 0) is 48.9 Å². The lowest BCUT2D eigenvalue weighted by Crippen LogP contribution is -2.13. The summed E-state index contributed by atoms with van der Waals surface area (Å²) in [7, 11) is 0. The average Bonchev–Trinajstić information content (AvgIpc) is 3.22. The van der Waals surface area contributed by atoms with Crippen LogP contribution in [0, 0.1) is 0 Å². The van der Waals surface area contributed by atoms with Crippen molar-refractivity contribution < 1.29 is 0 Å². The Morgan fingerprint density at radius 1 is 0.970 bits per heavy atom. The van der Waals surface area contributed by atoms with Gasteiger partial charge in [0.15, 0.2) is 11.0 Å². The van der Waals surface area contributed by atoms with Crippen LogP contribution in [0.3, 0.4) is 0 Å². The van der Waals surface area contributed by atoms with Crippen molar-refractivity contribution in [3.8, 4) is 11.4 Å². The zero-order valence-corrected chi connectivity index (χ0v) is 19.3. The first kappa shape index (κ1) is 21.4. The summed E-state index contributed by atoms with van der Waals surface area (Å²) in [6.07, 6.45) is 0. The van der Waals surface area contributed by atoms with E-state index < -0.39 is 0 Å². The van der Waals surface area contributed by atoms with E-state index in [1.54, 1.807) is 6.07 Å². The molecule has 0 amide bonds. The molecule has 164 valence electrons. The van der Waals surface area contributed by atoms with Crippen molar-refractivity contribution >= 4 is 34.3 Å². The van der Waals surface area contributed by atoms with Crippen LogP contribution in [0.5, 0.6) is 0 Å². The third kappa shape index (κ3) is 4.55. The molecule has 0 bridgehead atoms. The van der Waals surface area contributed by atoms with Crippen molar-refractivity contribution in [1.29, 1.82) is 0 Å². The highest BCUT2D eigenvalue weighted by Gasteiger charge is 2.20. The molecule has 0 radical (unpaired) electrons. The first-order valence-electron chi connectivity index (χ1n) is 10.5. The third-order valence-corrected chi connectivity index (χ3v) is 6.64. The van der Waals surface area contributed by atoms with Gasteiger partial charge in [0.1, 0.15) is 5.82 Å². The van der Waals surface area contributed by atoms with Crippen LogP contribution in [0.2, 0.25) is 5.02 Å². The molecule has 0 spiro atoms. The van der Waals surface area contributed by atoms with Crippen LogP contribution in [0.15, 0.2) is 88.8 Å². The minimum atomic E-state index is -0.143. The number of hydrogen-bond acceptors (Lipinski definition) is 5. The van der Waals surface area contributed by atoms with E-state index in [4.69, 9.17) is 11.6 Å². The fraction of sp³-hybridized carbons (Fsp3) is 0.120. The predicted molar refractivity (Wildman–Crippen MR) is 133 cm³/mol. The summed E-state index contributed by atoms with van der Waals surface area (Å²) in [5.74, 6) is 1.36. The standard InChI is InChI=1S/C25H20ClN5OS/c1-16(22-27-21-10-6-5-9-20(21)24(32)28-22)33-25-30-29-23(18-11-13-19(26)14-12-18)31(25)15-17-7-3-2-4-8-17/h2-14,16H,15H2,1H3,(H,27,28,32). The van der Waals surface area contributed by atoms with E-state index in [2.05, 4.69) is 36.9 Å². The van der Waals surface area contributed by atoms with Gasteiger partial charge in [-0.3, -0.25) is 9.36 Å². The first-order chi connectivity index (χ1) is 16.1. The van der Waals surface area contributed by atoms with E-state index in [0.717, 1.165) is 22.1 Å². The zero-order valence-electron chi connectivity index (χ0n) is 17.8. The van der Waals surface area contributed by atoms with Gasteiger partial charge in [-0.1, -0.05) is 65.8 Å². The van der Waals surface area contributed by atoms with Crippen molar-refractivity contribution in [3.63, 3.8) is 0 Å². The molecule has 5 rings (SSSR count). The molecule has 3 aromatic carbocycles. The monoisotopic (exact) mass is 473 g/mol. The van der Waals surface area contributed by atoms with Gasteiger partial charge in [-0.15, -0.1) is 10.2 Å². The van der Waals surface area contributed by atoms with Gasteiger partial charge >= 0.3 is 0 Å². The Labute approximate surface area is 199 Å². The SMILES string of the molecule is CC(Sc1nnc(-c2ccc(Cl)cc2)n1Cc1ccccc1)c1nc2ccccc2c(=O)[nH]1. The summed E-state index contributed by atoms with van der Waals surface area (Å²) < 4.78 is 2.08. The van der Waals surface area contributed by atoms with Gasteiger partial charge in [-0.25, -0.2) is 4.98 Å². The Kier molecular flexibility index (Phi) is 5.98. The van der Waals surface area contributed by atoms with E-state index in [1.807, 2.05) is 67.6 Å². The van der Waals surface area contributed by atoms with Crippen molar-refractivity contribution in [3.05, 3.63) is 106 Å². The van der Waals surface area contributed by atoms with Gasteiger partial charge in [0.25, 0.3) is 5.56 Å². The molecule has 1 unspecified atom stereocenters. The molecule has 1 atom stereocenters. The quantitative estimate of drug-likeness (QED) is 0.318. The maximum absolute atomic E-state index is 12.5. The molecule has 33 heavy (non-hydrogen) atoms. The summed E-state index contributed by atoms with van der Waals surface area (Å²) in [4.78, 5) is 20.1. The highest BCUT2D eigenvalue weighted by Crippen LogP contribution is 2.34. The molecule has 0 aliphatic heterocycles. The van der Waals surface area contributed by atoms with Crippen molar-refractivity contribution in [1.82, 2.24) is 24.7 Å². The minimum absolute atomic E-state index is 0.140. The van der Waals surface area contributed by atoms with Gasteiger partial charge in [-0.2, -0.15) is 0 Å². The molecular weight excluding hydrogens is 454 g/mol. The Bertz CT molecular complexity index is 1460. The second-order valence-electron chi connectivity index (χ2n) is 7.61. The van der Waals surface area contributed by atoms with Gasteiger partial charge in [0.2, 0.25) is 0 Å². The van der Waals surface area contributed by atoms with Crippen LogP contribution < -0.4 is 5.56 Å². The topological polar surface area (TPSA) is 76.5 Å². The Morgan fingerprint density at radius 2 is 1.70 bits per heavy atom. The van der Waals surface area contributed by atoms with Crippen molar-refractivity contribution in [2.45, 2.75) is 23.9 Å². The predicted octanol–water partition coefficient (Wildman–Crippen LogP) is 5.74. The highest BCUT2D eigenvalue weighted by atomic mass is 35.5. The number of para-hydroxylation sites is 1. The van der Waals surface area contributed by atoms with Crippen molar-refractivity contribution in [2.75, 3.05) is 0 Å². The third-order valence-electron chi connectivity index (χ3n) is 5.30. The maximum Gasteiger partial charge on any atom is 0.258 e. The van der Waals surface area contributed by atoms with E-state index in [0.29, 0.717) is 28.3 Å². The number of aromatic amines is 1. The molecule has 0 saturated heterocycles. The lowest BCUT2D eigenvalue weighted by atomic mass is 10.2. The lowest BCUT2D eigenvalue weighted by molar-refractivity contribution is 0.711. The van der Waals surface area contributed by atoms with Crippen molar-refractivity contribution in [2.24, 2.45) is 0 Å². The molecule has 8 heteroatoms. The molecule has 6 nitrogen and oxygen atoms in total. The molecule has 0 fully saturated rings. The van der Waals surface area contributed by atoms with Crippen LogP contribution >= 0.6 is 23.4 Å². The second-order valence-corrected chi connectivity index (χ2v) is 9.36. The Hall–Kier alpha value is -3.42. The summed E-state index contributed by atoms with van der Waals surface area (Å²) in [5, 5.41) is 10.8. The second kappa shape index (κ2) is 9.21. The molecule has 5 aromatic rings. The van der Waals surface area contributed by atoms with Crippen LogP contribution in [-0.2, 0) is 6.54 Å². The molecular formula is C25H20ClN5OS. The largest absolute Gasteiger partial charge is 0.309 e. The van der Waals surface area contributed by atoms with Gasteiger partial charge in [0, 0.05) is 10.6 Å². The normalized spacial score (nSPS) is 12.2. The first-order valence-corrected chi connectivity index (χ1v) is 11.7. The summed E-state index contributed by atoms with van der Waals surface area (Å²) in [6.45, 7) is 2.61. The van der Waals surface area contributed by atoms with Gasteiger partial charge < -0.3 is 4.98 Å². The molecule has 0 aliphatic carbocycles. The molecule has 2 heterocycles. The summed E-state index contributed by atoms with van der Waals surface area (Å²) >= 11 is 7.59. The number of benzene rings is 3. The molecule has 0 aliphatic rings. The number of aromatic nitrogens is 5. The van der Waals surface area contributed by atoms with Crippen LogP contribution in [0.4, 0.5) is 0 Å². The Balaban J connectivity index is 1.52. The number of nitrogens with zero attached hydrogens (tertiary/aromatic N) is 4. The van der Waals surface area contributed by atoms with Crippen LogP contribution in [-0.4, -0.2) is 24.7 Å². The zero-order chi connectivity index (χ0) is 22.8. The minimum Gasteiger partial charge on any atom is -0.309 e. The van der Waals surface area contributed by atoms with Crippen LogP contribution in [0.25, 0.3) is 22.3 Å². The maximum atomic E-state index is 12.5. The lowest BCUT2D eigenvalue weighted by Gasteiger charge is -2.14. The van der Waals surface area contributed by atoms with Crippen LogP contribution in [0.1, 0.15) is 23.6 Å². The number of nitrogens with one attached hydrogen (secondary N) is 1. The Morgan fingerprint density at radius 3 is 2.48 bits per heavy atom. The smallest absolute Gasteiger partial charge is 0.258 e. The number of H-pyrrole nitrogens is 1. The van der Waals surface area contributed by atoms with E-state index in [-0.39, 0.29) is 10.8 Å². The van der Waals surface area contributed by atoms with E-state index in [1.165, 1.54) is 11.8 Å². The average molecular weight is 474 g/mol. The number of halogens is 1. The van der Waals surface area contributed by atoms with E-state index >= 15 is 0 Å². The van der Waals surface area contributed by atoms with Gasteiger partial charge in [0.05, 0.1) is 22.7 Å². The molecule has 2 aromatic heterocycles. The number of rotatable bonds is 6. The number of hydrogen-bond donors (Lipinski definition) is 1. The number of fused-ring (bicyclic) bond motifs is 1. The summed E-state index contributed by atoms with van der Waals surface area (Å²) in [6, 6.07) is 25.1. The fourth-order valence-electron chi connectivity index (χ4n) is 3.61. The molecule has 0 saturated carbocycles. The van der Waals surface area contributed by atoms with E-state index in [9.17, 15) is 4.79 Å². The fourth-order valence-corrected chi connectivity index (χ4v) is 4.64. The molecule has 1 N–H and O–H groups in total.